The van der Waals surface area contributed by atoms with Crippen molar-refractivity contribution in [2.45, 2.75) is 19.3 Å². The van der Waals surface area contributed by atoms with Crippen molar-refractivity contribution in [1.29, 1.82) is 0 Å². The van der Waals surface area contributed by atoms with Gasteiger partial charge in [-0.15, -0.1) is 5.10 Å². The van der Waals surface area contributed by atoms with Crippen molar-refractivity contribution in [2.75, 3.05) is 12.4 Å². The second-order valence-corrected chi connectivity index (χ2v) is 7.51. The number of alkyl halides is 3. The minimum Gasteiger partial charge on any atom is -0.323 e. The van der Waals surface area contributed by atoms with Crippen LogP contribution in [0.25, 0.3) is 5.65 Å². The number of anilines is 1. The Morgan fingerprint density at radius 3 is 2.58 bits per heavy atom. The Kier molecular flexibility index (Phi) is 5.91. The van der Waals surface area contributed by atoms with E-state index in [0.717, 1.165) is 11.6 Å². The molecule has 0 aliphatic heterocycles. The lowest BCUT2D eigenvalue weighted by atomic mass is 10.1. The minimum absolute atomic E-state index is 0.00243. The smallest absolute Gasteiger partial charge is 0.323 e. The first-order valence-electron chi connectivity index (χ1n) is 10.0. The van der Waals surface area contributed by atoms with Crippen molar-refractivity contribution in [2.24, 2.45) is 0 Å². The van der Waals surface area contributed by atoms with Gasteiger partial charge in [0.2, 0.25) is 0 Å². The van der Waals surface area contributed by atoms with Crippen LogP contribution in [0.1, 0.15) is 16.7 Å². The van der Waals surface area contributed by atoms with Crippen LogP contribution >= 0.6 is 0 Å². The van der Waals surface area contributed by atoms with Gasteiger partial charge in [0, 0.05) is 25.5 Å². The Labute approximate surface area is 186 Å². The second-order valence-electron chi connectivity index (χ2n) is 7.51. The van der Waals surface area contributed by atoms with Crippen molar-refractivity contribution in [1.82, 2.24) is 19.1 Å². The number of halogens is 3. The molecule has 1 N–H and O–H groups in total. The monoisotopic (exact) mass is 455 g/mol. The summed E-state index contributed by atoms with van der Waals surface area (Å²) in [6.45, 7) is -0.0170. The quantitative estimate of drug-likeness (QED) is 0.490. The largest absolute Gasteiger partial charge is 0.416 e. The average Bonchev–Trinajstić information content (AvgIpc) is 3.09. The zero-order chi connectivity index (χ0) is 23.6. The van der Waals surface area contributed by atoms with Crippen LogP contribution < -0.4 is 11.0 Å². The average molecular weight is 455 g/mol. The normalized spacial score (nSPS) is 11.5. The Morgan fingerprint density at radius 2 is 1.82 bits per heavy atom. The highest BCUT2D eigenvalue weighted by molar-refractivity contribution is 5.89. The number of carbonyl (C=O) groups is 1. The first kappa shape index (κ1) is 22.1. The lowest BCUT2D eigenvalue weighted by Crippen LogP contribution is -2.31. The van der Waals surface area contributed by atoms with Crippen molar-refractivity contribution in [3.05, 3.63) is 100 Å². The van der Waals surface area contributed by atoms with E-state index in [1.54, 1.807) is 48.7 Å². The number of amides is 2. The SMILES string of the molecule is CN(Cc1ccccc1C(F)(F)F)C(=O)Nc1cccc(Cn2nc3ccccn3c2=O)c1. The van der Waals surface area contributed by atoms with Crippen LogP contribution in [0.15, 0.2) is 77.7 Å². The van der Waals surface area contributed by atoms with Crippen LogP contribution in [-0.2, 0) is 19.3 Å². The number of nitrogens with zero attached hydrogens (tertiary/aromatic N) is 4. The molecule has 0 saturated heterocycles. The van der Waals surface area contributed by atoms with E-state index >= 15 is 0 Å². The molecule has 0 atom stereocenters. The van der Waals surface area contributed by atoms with Crippen LogP contribution in [-0.4, -0.2) is 32.2 Å². The molecule has 4 rings (SSSR count). The molecule has 0 bridgehead atoms. The fourth-order valence-electron chi connectivity index (χ4n) is 3.47. The zero-order valence-electron chi connectivity index (χ0n) is 17.6. The Morgan fingerprint density at radius 1 is 1.06 bits per heavy atom. The number of nitrogens with one attached hydrogen (secondary N) is 1. The van der Waals surface area contributed by atoms with E-state index < -0.39 is 17.8 Å². The highest BCUT2D eigenvalue weighted by Crippen LogP contribution is 2.32. The molecule has 2 aromatic heterocycles. The Hall–Kier alpha value is -4.08. The number of benzene rings is 2. The molecule has 33 heavy (non-hydrogen) atoms. The summed E-state index contributed by atoms with van der Waals surface area (Å²) < 4.78 is 42.4. The van der Waals surface area contributed by atoms with Gasteiger partial charge in [0.15, 0.2) is 5.65 Å². The predicted octanol–water partition coefficient (Wildman–Crippen LogP) is 4.23. The lowest BCUT2D eigenvalue weighted by molar-refractivity contribution is -0.138. The van der Waals surface area contributed by atoms with Gasteiger partial charge in [-0.3, -0.25) is 4.40 Å². The van der Waals surface area contributed by atoms with Crippen LogP contribution in [0.5, 0.6) is 0 Å². The van der Waals surface area contributed by atoms with Crippen molar-refractivity contribution < 1.29 is 18.0 Å². The summed E-state index contributed by atoms with van der Waals surface area (Å²) in [5.74, 6) is 0. The van der Waals surface area contributed by atoms with Crippen LogP contribution in [0.3, 0.4) is 0 Å². The summed E-state index contributed by atoms with van der Waals surface area (Å²) in [7, 11) is 1.42. The molecule has 2 amide bonds. The van der Waals surface area contributed by atoms with Gasteiger partial charge >= 0.3 is 17.9 Å². The fourth-order valence-corrected chi connectivity index (χ4v) is 3.47. The number of carbonyl (C=O) groups excluding carboxylic acids is 1. The second kappa shape index (κ2) is 8.81. The molecule has 170 valence electrons. The van der Waals surface area contributed by atoms with E-state index in [0.29, 0.717) is 11.3 Å². The Balaban J connectivity index is 1.46. The number of urea groups is 1. The van der Waals surface area contributed by atoms with E-state index in [2.05, 4.69) is 10.4 Å². The van der Waals surface area contributed by atoms with Gasteiger partial charge in [-0.1, -0.05) is 36.4 Å². The van der Waals surface area contributed by atoms with E-state index in [1.807, 2.05) is 0 Å². The molecular formula is C23H20F3N5O2. The maximum Gasteiger partial charge on any atom is 0.416 e. The first-order chi connectivity index (χ1) is 15.7. The molecule has 2 heterocycles. The predicted molar refractivity (Wildman–Crippen MR) is 117 cm³/mol. The third-order valence-electron chi connectivity index (χ3n) is 5.08. The van der Waals surface area contributed by atoms with Gasteiger partial charge in [-0.25, -0.2) is 14.3 Å². The van der Waals surface area contributed by atoms with Crippen LogP contribution in [0, 0.1) is 0 Å². The summed E-state index contributed by atoms with van der Waals surface area (Å²) >= 11 is 0. The first-order valence-corrected chi connectivity index (χ1v) is 10.0. The van der Waals surface area contributed by atoms with Gasteiger partial charge in [-0.05, 0) is 41.5 Å². The lowest BCUT2D eigenvalue weighted by Gasteiger charge is -2.21. The maximum atomic E-state index is 13.2. The molecule has 2 aromatic carbocycles. The number of rotatable bonds is 5. The van der Waals surface area contributed by atoms with E-state index in [4.69, 9.17) is 0 Å². The molecular weight excluding hydrogens is 435 g/mol. The molecule has 0 aliphatic carbocycles. The highest BCUT2D eigenvalue weighted by Gasteiger charge is 2.33. The van der Waals surface area contributed by atoms with Gasteiger partial charge < -0.3 is 10.2 Å². The third-order valence-corrected chi connectivity index (χ3v) is 5.08. The summed E-state index contributed by atoms with van der Waals surface area (Å²) in [4.78, 5) is 26.2. The molecule has 0 aliphatic rings. The maximum absolute atomic E-state index is 13.2. The van der Waals surface area contributed by atoms with Gasteiger partial charge in [0.25, 0.3) is 0 Å². The zero-order valence-corrected chi connectivity index (χ0v) is 17.6. The summed E-state index contributed by atoms with van der Waals surface area (Å²) in [5.41, 5.74) is 0.636. The topological polar surface area (TPSA) is 71.6 Å². The van der Waals surface area contributed by atoms with Gasteiger partial charge in [0.1, 0.15) is 0 Å². The molecule has 0 unspecified atom stereocenters. The molecule has 0 spiro atoms. The third kappa shape index (κ3) is 4.89. The summed E-state index contributed by atoms with van der Waals surface area (Å²) in [5, 5.41) is 6.96. The molecule has 4 aromatic rings. The number of hydrogen-bond donors (Lipinski definition) is 1. The fraction of sp³-hybridized carbons (Fsp3) is 0.174. The minimum atomic E-state index is -4.50. The number of pyridine rings is 1. The molecule has 10 heteroatoms. The van der Waals surface area contributed by atoms with Crippen LogP contribution in [0.4, 0.5) is 23.7 Å². The van der Waals surface area contributed by atoms with Gasteiger partial charge in [-0.2, -0.15) is 13.2 Å². The van der Waals surface area contributed by atoms with E-state index in [1.165, 1.54) is 39.2 Å². The van der Waals surface area contributed by atoms with Crippen molar-refractivity contribution in [3.63, 3.8) is 0 Å². The molecule has 0 saturated carbocycles. The molecule has 0 fully saturated rings. The van der Waals surface area contributed by atoms with E-state index in [9.17, 15) is 22.8 Å². The van der Waals surface area contributed by atoms with Crippen LogP contribution in [0.2, 0.25) is 0 Å². The summed E-state index contributed by atoms with van der Waals surface area (Å²) in [6, 6.07) is 16.7. The number of hydrogen-bond acceptors (Lipinski definition) is 3. The standard InChI is InChI=1S/C23H20F3N5O2/c1-29(15-17-8-2-3-10-19(17)23(24,25)26)21(32)27-18-9-6-7-16(13-18)14-31-22(33)30-12-5-4-11-20(30)28-31/h2-13H,14-15H2,1H3,(H,27,32). The summed E-state index contributed by atoms with van der Waals surface area (Å²) in [6.07, 6.45) is -2.87. The van der Waals surface area contributed by atoms with Crippen molar-refractivity contribution >= 4 is 17.4 Å². The molecule has 7 nitrogen and oxygen atoms in total. The molecule has 0 radical (unpaired) electrons. The van der Waals surface area contributed by atoms with Gasteiger partial charge in [0.05, 0.1) is 12.1 Å². The highest BCUT2D eigenvalue weighted by atomic mass is 19.4. The number of aromatic nitrogens is 3. The Bertz CT molecular complexity index is 1360. The van der Waals surface area contributed by atoms with E-state index in [-0.39, 0.29) is 24.3 Å². The van der Waals surface area contributed by atoms with Crippen molar-refractivity contribution in [3.8, 4) is 0 Å². The number of fused-ring (bicyclic) bond motifs is 1.